The molecule has 0 fully saturated rings. The number of carbonyl (C=O) groups is 3. The third kappa shape index (κ3) is 10.0. The van der Waals surface area contributed by atoms with E-state index >= 15 is 0 Å². The van der Waals surface area contributed by atoms with Crippen LogP contribution in [0.4, 0.5) is 9.59 Å². The smallest absolute Gasteiger partial charge is 0.410 e. The highest BCUT2D eigenvalue weighted by molar-refractivity contribution is 6.30. The summed E-state index contributed by atoms with van der Waals surface area (Å²) in [5.74, 6) is -1.10. The Kier molecular flexibility index (Phi) is 9.74. The van der Waals surface area contributed by atoms with Crippen molar-refractivity contribution < 1.29 is 29.0 Å². The van der Waals surface area contributed by atoms with Crippen LogP contribution < -0.4 is 5.32 Å². The first-order valence-electron chi connectivity index (χ1n) is 9.33. The van der Waals surface area contributed by atoms with Gasteiger partial charge in [-0.2, -0.15) is 0 Å². The van der Waals surface area contributed by atoms with Gasteiger partial charge < -0.3 is 19.9 Å². The van der Waals surface area contributed by atoms with Gasteiger partial charge in [0.15, 0.2) is 0 Å². The molecule has 0 aliphatic rings. The summed E-state index contributed by atoms with van der Waals surface area (Å²) in [5, 5.41) is 12.6. The molecule has 8 nitrogen and oxygen atoms in total. The number of amides is 2. The van der Waals surface area contributed by atoms with Gasteiger partial charge in [0, 0.05) is 18.6 Å². The number of halogens is 1. The van der Waals surface area contributed by atoms with Crippen LogP contribution in [-0.2, 0) is 20.9 Å². The van der Waals surface area contributed by atoms with Crippen molar-refractivity contribution in [3.05, 3.63) is 34.9 Å². The van der Waals surface area contributed by atoms with Crippen molar-refractivity contribution in [3.8, 4) is 0 Å². The number of carbonyl (C=O) groups excluding carboxylic acids is 2. The summed E-state index contributed by atoms with van der Waals surface area (Å²) in [6, 6.07) is 5.96. The van der Waals surface area contributed by atoms with E-state index < -0.39 is 29.8 Å². The van der Waals surface area contributed by atoms with E-state index in [4.69, 9.17) is 21.1 Å². The average molecular weight is 429 g/mol. The van der Waals surface area contributed by atoms with E-state index in [2.05, 4.69) is 5.32 Å². The molecular weight excluding hydrogens is 400 g/mol. The summed E-state index contributed by atoms with van der Waals surface area (Å²) >= 11 is 5.79. The molecule has 0 aliphatic heterocycles. The largest absolute Gasteiger partial charge is 0.480 e. The third-order valence-electron chi connectivity index (χ3n) is 3.89. The molecule has 0 aromatic heterocycles. The summed E-state index contributed by atoms with van der Waals surface area (Å²) in [6.07, 6.45) is 0.0465. The predicted octanol–water partition coefficient (Wildman–Crippen LogP) is 4.06. The Morgan fingerprint density at radius 2 is 1.79 bits per heavy atom. The normalized spacial score (nSPS) is 12.0. The Balaban J connectivity index is 2.31. The van der Waals surface area contributed by atoms with Crippen LogP contribution in [0.1, 0.15) is 45.6 Å². The molecule has 1 aromatic rings. The van der Waals surface area contributed by atoms with Gasteiger partial charge >= 0.3 is 18.2 Å². The first kappa shape index (κ1) is 24.6. The van der Waals surface area contributed by atoms with Crippen molar-refractivity contribution in [2.45, 2.75) is 58.3 Å². The number of nitrogens with one attached hydrogen (secondary N) is 1. The Morgan fingerprint density at radius 1 is 1.17 bits per heavy atom. The van der Waals surface area contributed by atoms with Crippen molar-refractivity contribution in [2.24, 2.45) is 0 Å². The highest BCUT2D eigenvalue weighted by Gasteiger charge is 2.29. The van der Waals surface area contributed by atoms with Gasteiger partial charge in [0.2, 0.25) is 0 Å². The average Bonchev–Trinajstić information content (AvgIpc) is 2.62. The number of alkyl carbamates (subject to hydrolysis) is 1. The number of benzene rings is 1. The maximum Gasteiger partial charge on any atom is 0.410 e. The molecule has 0 spiro atoms. The number of rotatable bonds is 9. The number of carboxylic acids is 1. The molecule has 0 unspecified atom stereocenters. The number of ether oxygens (including phenoxy) is 2. The van der Waals surface area contributed by atoms with Gasteiger partial charge in [-0.05, 0) is 57.7 Å². The maximum atomic E-state index is 12.0. The topological polar surface area (TPSA) is 105 Å². The predicted molar refractivity (Wildman–Crippen MR) is 109 cm³/mol. The van der Waals surface area contributed by atoms with Crippen LogP contribution in [-0.4, -0.2) is 53.4 Å². The molecule has 0 heterocycles. The van der Waals surface area contributed by atoms with Crippen molar-refractivity contribution in [3.63, 3.8) is 0 Å². The molecule has 1 atom stereocenters. The molecule has 162 valence electrons. The molecule has 0 bridgehead atoms. The first-order chi connectivity index (χ1) is 13.5. The monoisotopic (exact) mass is 428 g/mol. The molecule has 29 heavy (non-hydrogen) atoms. The zero-order valence-corrected chi connectivity index (χ0v) is 18.0. The van der Waals surface area contributed by atoms with Crippen LogP contribution in [0.3, 0.4) is 0 Å². The van der Waals surface area contributed by atoms with E-state index in [1.807, 2.05) is 0 Å². The van der Waals surface area contributed by atoms with Gasteiger partial charge in [-0.15, -0.1) is 0 Å². The fourth-order valence-electron chi connectivity index (χ4n) is 2.38. The lowest BCUT2D eigenvalue weighted by Crippen LogP contribution is -2.44. The van der Waals surface area contributed by atoms with Crippen LogP contribution in [0.15, 0.2) is 24.3 Å². The molecule has 0 saturated heterocycles. The Bertz CT molecular complexity index is 687. The molecule has 2 N–H and O–H groups in total. The van der Waals surface area contributed by atoms with Crippen molar-refractivity contribution >= 4 is 29.8 Å². The van der Waals surface area contributed by atoms with E-state index in [1.165, 1.54) is 7.05 Å². The number of hydrogen-bond acceptors (Lipinski definition) is 5. The summed E-state index contributed by atoms with van der Waals surface area (Å²) in [4.78, 5) is 36.3. The van der Waals surface area contributed by atoms with Crippen molar-refractivity contribution in [1.82, 2.24) is 10.2 Å². The second-order valence-corrected chi connectivity index (χ2v) is 8.01. The number of hydrogen-bond donors (Lipinski definition) is 2. The van der Waals surface area contributed by atoms with Crippen LogP contribution in [0, 0.1) is 0 Å². The molecule has 1 rings (SSSR count). The zero-order chi connectivity index (χ0) is 22.0. The van der Waals surface area contributed by atoms with E-state index in [1.54, 1.807) is 45.0 Å². The molecule has 0 radical (unpaired) electrons. The van der Waals surface area contributed by atoms with E-state index in [0.717, 1.165) is 10.5 Å². The minimum absolute atomic E-state index is 0.130. The van der Waals surface area contributed by atoms with Gasteiger partial charge in [-0.25, -0.2) is 14.4 Å². The minimum Gasteiger partial charge on any atom is -0.480 e. The summed E-state index contributed by atoms with van der Waals surface area (Å²) in [7, 11) is 1.40. The van der Waals surface area contributed by atoms with Crippen molar-refractivity contribution in [1.29, 1.82) is 0 Å². The SMILES string of the molecule is CN(C(=O)OC(C)(C)C)[C@@H](CCCCNC(=O)OCc1ccc(Cl)cc1)C(=O)O. The Labute approximate surface area is 176 Å². The third-order valence-corrected chi connectivity index (χ3v) is 4.14. The highest BCUT2D eigenvalue weighted by atomic mass is 35.5. The Hall–Kier alpha value is -2.48. The van der Waals surface area contributed by atoms with Gasteiger partial charge in [0.05, 0.1) is 0 Å². The summed E-state index contributed by atoms with van der Waals surface area (Å²) in [6.45, 7) is 5.61. The zero-order valence-electron chi connectivity index (χ0n) is 17.2. The lowest BCUT2D eigenvalue weighted by atomic mass is 10.1. The fourth-order valence-corrected chi connectivity index (χ4v) is 2.50. The highest BCUT2D eigenvalue weighted by Crippen LogP contribution is 2.14. The quantitative estimate of drug-likeness (QED) is 0.574. The van der Waals surface area contributed by atoms with Gasteiger partial charge in [0.1, 0.15) is 18.2 Å². The van der Waals surface area contributed by atoms with Crippen molar-refractivity contribution in [2.75, 3.05) is 13.6 Å². The maximum absolute atomic E-state index is 12.0. The second-order valence-electron chi connectivity index (χ2n) is 7.57. The number of aliphatic carboxylic acids is 1. The van der Waals surface area contributed by atoms with Crippen LogP contribution in [0.5, 0.6) is 0 Å². The number of unbranched alkanes of at least 4 members (excludes halogenated alkanes) is 1. The summed E-state index contributed by atoms with van der Waals surface area (Å²) in [5.41, 5.74) is 0.115. The van der Waals surface area contributed by atoms with Crippen LogP contribution in [0.25, 0.3) is 0 Å². The van der Waals surface area contributed by atoms with Crippen LogP contribution >= 0.6 is 11.6 Å². The molecule has 9 heteroatoms. The molecule has 1 aromatic carbocycles. The standard InChI is InChI=1S/C20H29ClN2O6/c1-20(2,3)29-19(27)23(4)16(17(24)25)7-5-6-12-22-18(26)28-13-14-8-10-15(21)11-9-14/h8-11,16H,5-7,12-13H2,1-4H3,(H,22,26)(H,24,25)/t16-/m0/s1. The van der Waals surface area contributed by atoms with E-state index in [0.29, 0.717) is 24.4 Å². The van der Waals surface area contributed by atoms with Gasteiger partial charge in [-0.1, -0.05) is 23.7 Å². The lowest BCUT2D eigenvalue weighted by Gasteiger charge is -2.28. The summed E-state index contributed by atoms with van der Waals surface area (Å²) < 4.78 is 10.3. The van der Waals surface area contributed by atoms with Gasteiger partial charge in [0.25, 0.3) is 0 Å². The molecule has 0 aliphatic carbocycles. The number of nitrogens with zero attached hydrogens (tertiary/aromatic N) is 1. The second kappa shape index (κ2) is 11.5. The van der Waals surface area contributed by atoms with Crippen LogP contribution in [0.2, 0.25) is 5.02 Å². The van der Waals surface area contributed by atoms with E-state index in [-0.39, 0.29) is 13.0 Å². The lowest BCUT2D eigenvalue weighted by molar-refractivity contribution is -0.143. The minimum atomic E-state index is -1.10. The molecule has 0 saturated carbocycles. The first-order valence-corrected chi connectivity index (χ1v) is 9.71. The number of likely N-dealkylation sites (N-methyl/N-ethyl adjacent to an activating group) is 1. The molecule has 2 amide bonds. The fraction of sp³-hybridized carbons (Fsp3) is 0.550. The molecular formula is C20H29ClN2O6. The van der Waals surface area contributed by atoms with E-state index in [9.17, 15) is 19.5 Å². The Morgan fingerprint density at radius 3 is 2.34 bits per heavy atom. The van der Waals surface area contributed by atoms with Gasteiger partial charge in [-0.3, -0.25) is 4.90 Å². The number of carboxylic acid groups (broad SMARTS) is 1.